The van der Waals surface area contributed by atoms with Crippen LogP contribution in [0, 0.1) is 11.5 Å². The van der Waals surface area contributed by atoms with E-state index in [1.807, 2.05) is 6.07 Å². The van der Waals surface area contributed by atoms with Crippen LogP contribution in [-0.2, 0) is 0 Å². The summed E-state index contributed by atoms with van der Waals surface area (Å²) in [6, 6.07) is 10.4. The first-order chi connectivity index (χ1) is 7.71. The topological polar surface area (TPSA) is 0 Å². The van der Waals surface area contributed by atoms with Crippen molar-refractivity contribution in [2.24, 2.45) is 0 Å². The van der Waals surface area contributed by atoms with E-state index in [1.54, 1.807) is 0 Å². The van der Waals surface area contributed by atoms with E-state index in [2.05, 4.69) is 75.0 Å². The molecular formula is C14H23Si3-. The molecule has 3 heteroatoms. The molecule has 0 saturated heterocycles. The standard InChI is InChI=1S/C14H23Si3/c1-16(2,3)15(17(4,5)6)13-12-14-10-8-7-9-11-14/h7-11H,1-6H3/q-1. The number of rotatable bonds is 2. The highest BCUT2D eigenvalue weighted by Gasteiger charge is 2.22. The molecule has 0 saturated carbocycles. The van der Waals surface area contributed by atoms with Gasteiger partial charge in [0.2, 0.25) is 0 Å². The van der Waals surface area contributed by atoms with Crippen LogP contribution in [0.5, 0.6) is 0 Å². The van der Waals surface area contributed by atoms with Gasteiger partial charge in [-0.25, -0.2) is 7.83 Å². The van der Waals surface area contributed by atoms with Crippen LogP contribution in [0.15, 0.2) is 30.3 Å². The molecule has 0 aliphatic carbocycles. The molecule has 0 aliphatic heterocycles. The SMILES string of the molecule is C[Si](C)(C)[Si-](C#Cc1ccccc1)[Si](C)(C)C. The highest BCUT2D eigenvalue weighted by atomic mass is 29.6. The van der Waals surface area contributed by atoms with Crippen LogP contribution in [0.2, 0.25) is 39.3 Å². The van der Waals surface area contributed by atoms with Crippen LogP contribution in [0.25, 0.3) is 0 Å². The van der Waals surface area contributed by atoms with Crippen LogP contribution in [0.4, 0.5) is 0 Å². The van der Waals surface area contributed by atoms with Gasteiger partial charge in [-0.05, 0) is 12.1 Å². The van der Waals surface area contributed by atoms with Crippen LogP contribution < -0.4 is 0 Å². The second-order valence-electron chi connectivity index (χ2n) is 6.49. The van der Waals surface area contributed by atoms with Gasteiger partial charge in [-0.1, -0.05) is 72.7 Å². The van der Waals surface area contributed by atoms with Gasteiger partial charge in [-0.3, -0.25) is 5.54 Å². The minimum Gasteiger partial charge on any atom is -0.297 e. The summed E-state index contributed by atoms with van der Waals surface area (Å²) < 4.78 is 0. The smallest absolute Gasteiger partial charge is 0.0211 e. The van der Waals surface area contributed by atoms with E-state index >= 15 is 0 Å². The normalized spacial score (nSPS) is 11.6. The predicted octanol–water partition coefficient (Wildman–Crippen LogP) is 3.91. The number of hydrogen-bond acceptors (Lipinski definition) is 0. The molecule has 0 aromatic heterocycles. The van der Waals surface area contributed by atoms with E-state index in [0.717, 1.165) is 0 Å². The van der Waals surface area contributed by atoms with E-state index in [0.29, 0.717) is 0 Å². The van der Waals surface area contributed by atoms with Gasteiger partial charge in [0.15, 0.2) is 0 Å². The maximum atomic E-state index is 3.69. The summed E-state index contributed by atoms with van der Waals surface area (Å²) in [5, 5.41) is 0. The maximum Gasteiger partial charge on any atom is 0.0211 e. The third-order valence-electron chi connectivity index (χ3n) is 2.61. The zero-order valence-corrected chi connectivity index (χ0v) is 14.9. The minimum atomic E-state index is -1.09. The molecule has 0 spiro atoms. The average molecular weight is 276 g/mol. The van der Waals surface area contributed by atoms with Gasteiger partial charge in [0.05, 0.1) is 0 Å². The summed E-state index contributed by atoms with van der Waals surface area (Å²) in [4.78, 5) is 0. The third-order valence-corrected chi connectivity index (χ3v) is 29.2. The van der Waals surface area contributed by atoms with Crippen LogP contribution in [0.3, 0.4) is 0 Å². The van der Waals surface area contributed by atoms with E-state index in [4.69, 9.17) is 0 Å². The lowest BCUT2D eigenvalue weighted by molar-refractivity contribution is 1.65. The van der Waals surface area contributed by atoms with Crippen molar-refractivity contribution in [1.82, 2.24) is 0 Å². The summed E-state index contributed by atoms with van der Waals surface area (Å²) in [6.07, 6.45) is 0. The van der Waals surface area contributed by atoms with Crippen molar-refractivity contribution in [3.8, 4) is 11.5 Å². The lowest BCUT2D eigenvalue weighted by Gasteiger charge is -2.48. The summed E-state index contributed by atoms with van der Waals surface area (Å²) in [5.41, 5.74) is 4.86. The predicted molar refractivity (Wildman–Crippen MR) is 85.8 cm³/mol. The Bertz CT molecular complexity index is 399. The molecule has 1 aromatic rings. The Morgan fingerprint density at radius 1 is 0.824 bits per heavy atom. The Balaban J connectivity index is 3.01. The van der Waals surface area contributed by atoms with Crippen molar-refractivity contribution in [2.75, 3.05) is 0 Å². The Labute approximate surface area is 110 Å². The van der Waals surface area contributed by atoms with Crippen molar-refractivity contribution < 1.29 is 0 Å². The van der Waals surface area contributed by atoms with Crippen molar-refractivity contribution in [3.63, 3.8) is 0 Å². The molecule has 0 amide bonds. The molecule has 17 heavy (non-hydrogen) atoms. The molecule has 92 valence electrons. The molecule has 0 atom stereocenters. The maximum absolute atomic E-state index is 3.69. The van der Waals surface area contributed by atoms with Crippen LogP contribution in [-0.4, -0.2) is 23.0 Å². The van der Waals surface area contributed by atoms with Crippen LogP contribution >= 0.6 is 0 Å². The summed E-state index contributed by atoms with van der Waals surface area (Å²) in [6.45, 7) is 14.9. The highest BCUT2D eigenvalue weighted by Crippen LogP contribution is 2.17. The Morgan fingerprint density at radius 3 is 1.71 bits per heavy atom. The third kappa shape index (κ3) is 4.66. The minimum absolute atomic E-state index is 0.457. The molecular weight excluding hydrogens is 252 g/mol. The van der Waals surface area contributed by atoms with Crippen LogP contribution in [0.1, 0.15) is 5.56 Å². The lowest BCUT2D eigenvalue weighted by atomic mass is 10.2. The molecule has 0 aliphatic rings. The van der Waals surface area contributed by atoms with Gasteiger partial charge in [-0.2, -0.15) is 0 Å². The second-order valence-corrected chi connectivity index (χ2v) is 30.0. The van der Waals surface area contributed by atoms with Gasteiger partial charge < -0.3 is 0 Å². The van der Waals surface area contributed by atoms with Gasteiger partial charge in [0.25, 0.3) is 0 Å². The Morgan fingerprint density at radius 2 is 1.29 bits per heavy atom. The Kier molecular flexibility index (Phi) is 4.59. The largest absolute Gasteiger partial charge is 0.297 e. The fourth-order valence-electron chi connectivity index (χ4n) is 2.16. The van der Waals surface area contributed by atoms with Gasteiger partial charge in [-0.15, -0.1) is 5.92 Å². The van der Waals surface area contributed by atoms with Crippen molar-refractivity contribution in [3.05, 3.63) is 35.9 Å². The number of hydrogen-bond donors (Lipinski definition) is 0. The zero-order valence-electron chi connectivity index (χ0n) is 11.9. The van der Waals surface area contributed by atoms with Crippen molar-refractivity contribution >= 4 is 23.0 Å². The molecule has 0 fully saturated rings. The molecule has 0 heterocycles. The highest BCUT2D eigenvalue weighted by molar-refractivity contribution is 7.62. The summed E-state index contributed by atoms with van der Waals surface area (Å²) in [5.74, 6) is 3.42. The molecule has 0 radical (unpaired) electrons. The molecule has 0 N–H and O–H groups in total. The number of benzene rings is 1. The molecule has 1 rings (SSSR count). The van der Waals surface area contributed by atoms with Crippen molar-refractivity contribution in [2.45, 2.75) is 39.3 Å². The van der Waals surface area contributed by atoms with E-state index in [1.165, 1.54) is 5.56 Å². The average Bonchev–Trinajstić information content (AvgIpc) is 2.15. The Hall–Kier alpha value is -0.569. The first-order valence-electron chi connectivity index (χ1n) is 6.16. The fourth-order valence-corrected chi connectivity index (χ4v) is 35.1. The molecule has 1 aromatic carbocycles. The van der Waals surface area contributed by atoms with Crippen molar-refractivity contribution in [1.29, 1.82) is 0 Å². The zero-order chi connectivity index (χ0) is 13.1. The lowest BCUT2D eigenvalue weighted by Crippen LogP contribution is -2.58. The van der Waals surface area contributed by atoms with E-state index < -0.39 is 23.0 Å². The molecule has 0 nitrogen and oxygen atoms in total. The molecule has 0 bridgehead atoms. The van der Waals surface area contributed by atoms with Gasteiger partial charge in [0.1, 0.15) is 0 Å². The fraction of sp³-hybridized carbons (Fsp3) is 0.429. The molecule has 0 unspecified atom stereocenters. The summed E-state index contributed by atoms with van der Waals surface area (Å²) in [7, 11) is -2.63. The van der Waals surface area contributed by atoms with E-state index in [-0.39, 0.29) is 0 Å². The summed E-state index contributed by atoms with van der Waals surface area (Å²) >= 11 is 0. The first kappa shape index (κ1) is 14.5. The van der Waals surface area contributed by atoms with Gasteiger partial charge >= 0.3 is 0 Å². The second kappa shape index (κ2) is 5.38. The van der Waals surface area contributed by atoms with E-state index in [9.17, 15) is 0 Å². The quantitative estimate of drug-likeness (QED) is 0.567. The first-order valence-corrected chi connectivity index (χ1v) is 16.7. The van der Waals surface area contributed by atoms with Gasteiger partial charge in [0, 0.05) is 5.56 Å². The monoisotopic (exact) mass is 275 g/mol.